The van der Waals surface area contributed by atoms with Crippen molar-refractivity contribution in [1.29, 1.82) is 0 Å². The Hall–Kier alpha value is -3.60. The lowest BCUT2D eigenvalue weighted by molar-refractivity contribution is 0.102. The molecule has 120 valence electrons. The number of anilines is 1. The van der Waals surface area contributed by atoms with Crippen molar-refractivity contribution in [3.8, 4) is 11.1 Å². The number of benzene rings is 2. The number of para-hydroxylation sites is 1. The fraction of sp³-hybridized carbons (Fsp3) is 0. The second-order valence-corrected chi connectivity index (χ2v) is 5.49. The van der Waals surface area contributed by atoms with Gasteiger partial charge in [0, 0.05) is 29.5 Å². The summed E-state index contributed by atoms with van der Waals surface area (Å²) in [6.45, 7) is 0. The molecule has 0 radical (unpaired) electrons. The summed E-state index contributed by atoms with van der Waals surface area (Å²) in [7, 11) is 0. The van der Waals surface area contributed by atoms with Gasteiger partial charge in [-0.25, -0.2) is 9.97 Å². The van der Waals surface area contributed by atoms with Crippen molar-refractivity contribution < 1.29 is 4.79 Å². The van der Waals surface area contributed by atoms with Gasteiger partial charge in [-0.15, -0.1) is 0 Å². The molecule has 25 heavy (non-hydrogen) atoms. The Morgan fingerprint density at radius 3 is 2.28 bits per heavy atom. The first kappa shape index (κ1) is 15.0. The third-order valence-corrected chi connectivity index (χ3v) is 3.88. The van der Waals surface area contributed by atoms with E-state index >= 15 is 0 Å². The van der Waals surface area contributed by atoms with Gasteiger partial charge in [-0.1, -0.05) is 48.5 Å². The first-order valence-electron chi connectivity index (χ1n) is 7.84. The Balaban J connectivity index is 1.58. The normalized spacial score (nSPS) is 10.6. The molecule has 0 spiro atoms. The van der Waals surface area contributed by atoms with Gasteiger partial charge in [0.15, 0.2) is 0 Å². The molecule has 0 saturated carbocycles. The molecule has 1 amide bonds. The number of rotatable bonds is 3. The van der Waals surface area contributed by atoms with Gasteiger partial charge < -0.3 is 0 Å². The van der Waals surface area contributed by atoms with Gasteiger partial charge in [-0.3, -0.25) is 15.1 Å². The highest BCUT2D eigenvalue weighted by Crippen LogP contribution is 2.19. The van der Waals surface area contributed by atoms with Gasteiger partial charge in [0.1, 0.15) is 0 Å². The van der Waals surface area contributed by atoms with Crippen LogP contribution in [-0.2, 0) is 0 Å². The zero-order valence-corrected chi connectivity index (χ0v) is 13.3. The van der Waals surface area contributed by atoms with Gasteiger partial charge in [0.05, 0.1) is 11.1 Å². The molecular formula is C20H14N4O. The van der Waals surface area contributed by atoms with E-state index in [1.54, 1.807) is 24.7 Å². The molecule has 2 heterocycles. The quantitative estimate of drug-likeness (QED) is 0.619. The number of fused-ring (bicyclic) bond motifs is 1. The summed E-state index contributed by atoms with van der Waals surface area (Å²) < 4.78 is 0. The molecule has 5 nitrogen and oxygen atoms in total. The predicted octanol–water partition coefficient (Wildman–Crippen LogP) is 3.94. The van der Waals surface area contributed by atoms with E-state index in [9.17, 15) is 4.79 Å². The van der Waals surface area contributed by atoms with E-state index in [1.807, 2.05) is 54.6 Å². The lowest BCUT2D eigenvalue weighted by atomic mass is 10.1. The fourth-order valence-electron chi connectivity index (χ4n) is 2.63. The minimum Gasteiger partial charge on any atom is -0.290 e. The number of aromatic nitrogens is 3. The summed E-state index contributed by atoms with van der Waals surface area (Å²) in [6, 6.07) is 19.1. The number of nitrogens with one attached hydrogen (secondary N) is 1. The zero-order chi connectivity index (χ0) is 17.1. The number of hydrogen-bond acceptors (Lipinski definition) is 4. The van der Waals surface area contributed by atoms with Crippen molar-refractivity contribution in [2.75, 3.05) is 5.32 Å². The van der Waals surface area contributed by atoms with E-state index in [1.165, 1.54) is 0 Å². The Bertz CT molecular complexity index is 1020. The van der Waals surface area contributed by atoms with Crippen LogP contribution in [0, 0.1) is 0 Å². The third-order valence-electron chi connectivity index (χ3n) is 3.88. The minimum absolute atomic E-state index is 0.258. The maximum absolute atomic E-state index is 12.6. The number of carbonyl (C=O) groups excluding carboxylic acids is 1. The molecule has 4 aromatic rings. The van der Waals surface area contributed by atoms with Crippen molar-refractivity contribution >= 4 is 22.8 Å². The molecule has 2 aromatic heterocycles. The molecule has 0 fully saturated rings. The molecule has 0 aliphatic rings. The van der Waals surface area contributed by atoms with Crippen LogP contribution in [0.4, 0.5) is 5.95 Å². The van der Waals surface area contributed by atoms with Crippen molar-refractivity contribution in [3.63, 3.8) is 0 Å². The topological polar surface area (TPSA) is 67.8 Å². The molecule has 1 N–H and O–H groups in total. The average molecular weight is 326 g/mol. The van der Waals surface area contributed by atoms with Crippen LogP contribution in [0.1, 0.15) is 10.4 Å². The smallest absolute Gasteiger partial charge is 0.258 e. The van der Waals surface area contributed by atoms with E-state index in [0.717, 1.165) is 22.0 Å². The first-order valence-corrected chi connectivity index (χ1v) is 7.84. The van der Waals surface area contributed by atoms with E-state index in [0.29, 0.717) is 5.56 Å². The molecule has 4 rings (SSSR count). The standard InChI is InChI=1S/C20H14N4O/c25-19(17-10-11-21-18-9-5-4-8-16(17)18)24-20-22-12-15(13-23-20)14-6-2-1-3-7-14/h1-13H,(H,22,23,24,25). The SMILES string of the molecule is O=C(Nc1ncc(-c2ccccc2)cn1)c1ccnc2ccccc12. The molecule has 0 aliphatic heterocycles. The maximum atomic E-state index is 12.6. The largest absolute Gasteiger partial charge is 0.290 e. The summed E-state index contributed by atoms with van der Waals surface area (Å²) >= 11 is 0. The molecule has 0 saturated heterocycles. The fourth-order valence-corrected chi connectivity index (χ4v) is 2.63. The van der Waals surface area contributed by atoms with Crippen LogP contribution in [-0.4, -0.2) is 20.9 Å². The molecule has 0 bridgehead atoms. The van der Waals surface area contributed by atoms with Crippen molar-refractivity contribution in [2.24, 2.45) is 0 Å². The number of amides is 1. The van der Waals surface area contributed by atoms with Crippen LogP contribution in [0.25, 0.3) is 22.0 Å². The summed E-state index contributed by atoms with van der Waals surface area (Å²) in [4.78, 5) is 25.3. The first-order chi connectivity index (χ1) is 12.3. The molecular weight excluding hydrogens is 312 g/mol. The van der Waals surface area contributed by atoms with Crippen LogP contribution >= 0.6 is 0 Å². The number of pyridine rings is 1. The second-order valence-electron chi connectivity index (χ2n) is 5.49. The number of hydrogen-bond donors (Lipinski definition) is 1. The highest BCUT2D eigenvalue weighted by atomic mass is 16.1. The zero-order valence-electron chi connectivity index (χ0n) is 13.3. The lowest BCUT2D eigenvalue weighted by Crippen LogP contribution is -2.14. The van der Waals surface area contributed by atoms with Gasteiger partial charge in [-0.2, -0.15) is 0 Å². The monoisotopic (exact) mass is 326 g/mol. The van der Waals surface area contributed by atoms with Gasteiger partial charge >= 0.3 is 0 Å². The summed E-state index contributed by atoms with van der Waals surface area (Å²) in [5, 5.41) is 3.53. The highest BCUT2D eigenvalue weighted by Gasteiger charge is 2.12. The number of nitrogens with zero attached hydrogens (tertiary/aromatic N) is 3. The van der Waals surface area contributed by atoms with E-state index < -0.39 is 0 Å². The summed E-state index contributed by atoms with van der Waals surface area (Å²) in [5.74, 6) is 0.0108. The maximum Gasteiger partial charge on any atom is 0.258 e. The second kappa shape index (κ2) is 6.49. The van der Waals surface area contributed by atoms with Crippen molar-refractivity contribution in [1.82, 2.24) is 15.0 Å². The van der Waals surface area contributed by atoms with Crippen LogP contribution in [0.15, 0.2) is 79.3 Å². The van der Waals surface area contributed by atoms with Crippen molar-refractivity contribution in [2.45, 2.75) is 0 Å². The third kappa shape index (κ3) is 3.07. The van der Waals surface area contributed by atoms with Crippen LogP contribution in [0.2, 0.25) is 0 Å². The van der Waals surface area contributed by atoms with E-state index in [-0.39, 0.29) is 11.9 Å². The Morgan fingerprint density at radius 1 is 0.760 bits per heavy atom. The average Bonchev–Trinajstić information content (AvgIpc) is 2.69. The van der Waals surface area contributed by atoms with Crippen LogP contribution < -0.4 is 5.32 Å². The Kier molecular flexibility index (Phi) is 3.88. The molecule has 0 atom stereocenters. The van der Waals surface area contributed by atoms with Gasteiger partial charge in [-0.05, 0) is 17.7 Å². The van der Waals surface area contributed by atoms with E-state index in [4.69, 9.17) is 0 Å². The number of carbonyl (C=O) groups is 1. The molecule has 5 heteroatoms. The predicted molar refractivity (Wildman–Crippen MR) is 97.2 cm³/mol. The van der Waals surface area contributed by atoms with Crippen LogP contribution in [0.3, 0.4) is 0 Å². The van der Waals surface area contributed by atoms with Gasteiger partial charge in [0.2, 0.25) is 5.95 Å². The molecule has 0 unspecified atom stereocenters. The lowest BCUT2D eigenvalue weighted by Gasteiger charge is -2.07. The van der Waals surface area contributed by atoms with Crippen molar-refractivity contribution in [3.05, 3.63) is 84.8 Å². The minimum atomic E-state index is -0.258. The summed E-state index contributed by atoms with van der Waals surface area (Å²) in [5.41, 5.74) is 3.24. The van der Waals surface area contributed by atoms with Gasteiger partial charge in [0.25, 0.3) is 5.91 Å². The highest BCUT2D eigenvalue weighted by molar-refractivity contribution is 6.11. The summed E-state index contributed by atoms with van der Waals surface area (Å²) in [6.07, 6.45) is 5.02. The Morgan fingerprint density at radius 2 is 1.48 bits per heavy atom. The van der Waals surface area contributed by atoms with Crippen LogP contribution in [0.5, 0.6) is 0 Å². The molecule has 0 aliphatic carbocycles. The Labute approximate surface area is 144 Å². The van der Waals surface area contributed by atoms with E-state index in [2.05, 4.69) is 20.3 Å². The molecule has 2 aromatic carbocycles.